The molecule has 1 aliphatic heterocycles. The molecular formula is C27H29N2O7S4+. The van der Waals surface area contributed by atoms with Crippen LogP contribution in [0.15, 0.2) is 64.5 Å². The van der Waals surface area contributed by atoms with Crippen LogP contribution >= 0.6 is 23.1 Å². The second-order valence-corrected chi connectivity index (χ2v) is 14.6. The molecule has 40 heavy (non-hydrogen) atoms. The highest BCUT2D eigenvalue weighted by molar-refractivity contribution is 8.04. The molecule has 1 aromatic heterocycles. The lowest BCUT2D eigenvalue weighted by molar-refractivity contribution is -0.667. The predicted molar refractivity (Wildman–Crippen MR) is 160 cm³/mol. The maximum absolute atomic E-state index is 11.5. The molecule has 2 N–H and O–H groups in total. The van der Waals surface area contributed by atoms with Crippen LogP contribution in [0, 0.1) is 0 Å². The Morgan fingerprint density at radius 2 is 1.73 bits per heavy atom. The van der Waals surface area contributed by atoms with Crippen LogP contribution in [0.2, 0.25) is 0 Å². The van der Waals surface area contributed by atoms with Gasteiger partial charge in [-0.2, -0.15) is 21.4 Å². The maximum Gasteiger partial charge on any atom is 0.265 e. The maximum atomic E-state index is 11.5. The summed E-state index contributed by atoms with van der Waals surface area (Å²) in [5, 5.41) is 3.87. The largest absolute Gasteiger partial charge is 0.494 e. The number of thioether (sulfide) groups is 1. The number of anilines is 1. The van der Waals surface area contributed by atoms with Gasteiger partial charge in [0.15, 0.2) is 6.54 Å². The van der Waals surface area contributed by atoms with Crippen molar-refractivity contribution in [1.29, 1.82) is 0 Å². The third kappa shape index (κ3) is 6.61. The van der Waals surface area contributed by atoms with E-state index in [0.29, 0.717) is 25.4 Å². The zero-order valence-corrected chi connectivity index (χ0v) is 25.0. The van der Waals surface area contributed by atoms with E-state index in [0.717, 1.165) is 41.6 Å². The Bertz CT molecular complexity index is 1820. The second kappa shape index (κ2) is 11.7. The summed E-state index contributed by atoms with van der Waals surface area (Å²) in [6.07, 6.45) is 2.49. The zero-order valence-electron chi connectivity index (χ0n) is 21.7. The number of ether oxygens (including phenoxy) is 1. The van der Waals surface area contributed by atoms with E-state index >= 15 is 0 Å². The van der Waals surface area contributed by atoms with Crippen LogP contribution in [0.25, 0.3) is 27.1 Å². The summed E-state index contributed by atoms with van der Waals surface area (Å²) >= 11 is 3.13. The third-order valence-corrected chi connectivity index (χ3v) is 10.3. The highest BCUT2D eigenvalue weighted by atomic mass is 32.2. The van der Waals surface area contributed by atoms with Gasteiger partial charge in [-0.1, -0.05) is 47.4 Å². The first-order valence-electron chi connectivity index (χ1n) is 12.7. The van der Waals surface area contributed by atoms with E-state index < -0.39 is 20.2 Å². The van der Waals surface area contributed by atoms with Crippen molar-refractivity contribution < 1.29 is 35.2 Å². The van der Waals surface area contributed by atoms with Crippen molar-refractivity contribution in [2.75, 3.05) is 29.6 Å². The number of aryl methyl sites for hydroxylation is 1. The van der Waals surface area contributed by atoms with Crippen LogP contribution in [0.4, 0.5) is 5.69 Å². The molecule has 0 saturated carbocycles. The Labute approximate surface area is 241 Å². The fourth-order valence-electron chi connectivity index (χ4n) is 4.79. The Balaban J connectivity index is 1.60. The van der Waals surface area contributed by atoms with Gasteiger partial charge >= 0.3 is 0 Å². The van der Waals surface area contributed by atoms with Gasteiger partial charge in [0.05, 0.1) is 40.3 Å². The molecule has 0 radical (unpaired) electrons. The molecule has 2 heterocycles. The van der Waals surface area contributed by atoms with Gasteiger partial charge in [0.2, 0.25) is 5.52 Å². The summed E-state index contributed by atoms with van der Waals surface area (Å²) in [5.41, 5.74) is 1.88. The van der Waals surface area contributed by atoms with Crippen molar-refractivity contribution in [2.24, 2.45) is 0 Å². The molecule has 4 aromatic rings. The van der Waals surface area contributed by atoms with Crippen LogP contribution in [0.5, 0.6) is 5.75 Å². The van der Waals surface area contributed by atoms with E-state index in [9.17, 15) is 25.9 Å². The van der Waals surface area contributed by atoms with Gasteiger partial charge in [-0.05, 0) is 43.0 Å². The first-order chi connectivity index (χ1) is 19.0. The Morgan fingerprint density at radius 3 is 2.48 bits per heavy atom. The van der Waals surface area contributed by atoms with Gasteiger partial charge in [-0.25, -0.2) is 0 Å². The Kier molecular flexibility index (Phi) is 8.41. The molecule has 0 fully saturated rings. The van der Waals surface area contributed by atoms with Crippen LogP contribution in [-0.2, 0) is 26.8 Å². The lowest BCUT2D eigenvalue weighted by Crippen LogP contribution is -2.36. The van der Waals surface area contributed by atoms with Crippen molar-refractivity contribution in [1.82, 2.24) is 0 Å². The number of hydrogen-bond acceptors (Lipinski definition) is 8. The summed E-state index contributed by atoms with van der Waals surface area (Å²) in [6.45, 7) is 3.15. The lowest BCUT2D eigenvalue weighted by Gasteiger charge is -2.20. The molecule has 5 rings (SSSR count). The minimum absolute atomic E-state index is 0.223. The Hall–Kier alpha value is -2.68. The Morgan fingerprint density at radius 1 is 0.975 bits per heavy atom. The zero-order chi connectivity index (χ0) is 28.5. The van der Waals surface area contributed by atoms with E-state index in [1.54, 1.807) is 23.1 Å². The molecule has 13 heteroatoms. The molecular weight excluding hydrogens is 593 g/mol. The smallest absolute Gasteiger partial charge is 0.265 e. The van der Waals surface area contributed by atoms with Crippen LogP contribution in [-0.4, -0.2) is 50.6 Å². The predicted octanol–water partition coefficient (Wildman–Crippen LogP) is 5.21. The van der Waals surface area contributed by atoms with E-state index in [1.807, 2.05) is 60.4 Å². The minimum Gasteiger partial charge on any atom is -0.494 e. The number of rotatable bonds is 11. The fourth-order valence-corrected chi connectivity index (χ4v) is 8.10. The molecule has 0 saturated heterocycles. The number of nitrogens with zero attached hydrogens (tertiary/aromatic N) is 2. The molecule has 212 valence electrons. The summed E-state index contributed by atoms with van der Waals surface area (Å²) in [6, 6.07) is 17.9. The summed E-state index contributed by atoms with van der Waals surface area (Å²) in [4.78, 5) is 3.02. The molecule has 0 aliphatic carbocycles. The van der Waals surface area contributed by atoms with E-state index in [2.05, 4.69) is 16.7 Å². The first kappa shape index (κ1) is 28.8. The molecule has 3 aromatic carbocycles. The highest BCUT2D eigenvalue weighted by Gasteiger charge is 2.29. The van der Waals surface area contributed by atoms with Crippen molar-refractivity contribution in [3.05, 3.63) is 64.6 Å². The molecule has 9 nitrogen and oxygen atoms in total. The molecule has 0 spiro atoms. The molecule has 0 atom stereocenters. The highest BCUT2D eigenvalue weighted by Crippen LogP contribution is 2.48. The minimum atomic E-state index is -4.10. The average molecular weight is 622 g/mol. The standard InChI is InChI=1S/C27H28N2O7S4/c1-2-36-20-10-12-23-22(17-20)28(13-5-15-39(30,31)32)25(37-23)18-26-29(14-6-16-40(33,34)35)27-21-8-4-3-7-19(21)9-11-24(27)38-26/h3-4,7-12,17-18H,2,5-6,13-16H2,1H3,(H-,30,31,32,33,34,35)/p+1. The van der Waals surface area contributed by atoms with Gasteiger partial charge in [-0.3, -0.25) is 9.11 Å². The second-order valence-electron chi connectivity index (χ2n) is 9.30. The van der Waals surface area contributed by atoms with Crippen molar-refractivity contribution in [3.8, 4) is 5.75 Å². The third-order valence-electron chi connectivity index (χ3n) is 6.44. The number of thiazole rings is 1. The normalized spacial score (nSPS) is 14.9. The van der Waals surface area contributed by atoms with Crippen LogP contribution < -0.4 is 14.2 Å². The quantitative estimate of drug-likeness (QED) is 0.172. The summed E-state index contributed by atoms with van der Waals surface area (Å²) in [5.74, 6) is 0.00341. The van der Waals surface area contributed by atoms with Gasteiger partial charge in [0.25, 0.3) is 25.2 Å². The number of fused-ring (bicyclic) bond motifs is 4. The van der Waals surface area contributed by atoms with Gasteiger partial charge in [0, 0.05) is 23.9 Å². The van der Waals surface area contributed by atoms with Crippen LogP contribution in [0.3, 0.4) is 0 Å². The molecule has 0 unspecified atom stereocenters. The number of hydrogen-bond donors (Lipinski definition) is 2. The molecule has 0 bridgehead atoms. The van der Waals surface area contributed by atoms with Crippen molar-refractivity contribution >= 4 is 76.1 Å². The van der Waals surface area contributed by atoms with Crippen LogP contribution in [0.1, 0.15) is 24.8 Å². The monoisotopic (exact) mass is 621 g/mol. The fraction of sp³-hybridized carbons (Fsp3) is 0.296. The van der Waals surface area contributed by atoms with Gasteiger partial charge < -0.3 is 9.64 Å². The SMILES string of the molecule is CCOc1ccc2c(c1)N(CCCS(=O)(=O)O)C(=Cc1sc3ccc4ccccc4c3[n+]1CCCS(=O)(=O)O)S2. The van der Waals surface area contributed by atoms with Crippen molar-refractivity contribution in [2.45, 2.75) is 31.2 Å². The number of benzene rings is 3. The number of aromatic nitrogens is 1. The van der Waals surface area contributed by atoms with E-state index in [4.69, 9.17) is 4.74 Å². The first-order valence-corrected chi connectivity index (χ1v) is 17.6. The average Bonchev–Trinajstić information content (AvgIpc) is 3.40. The molecule has 0 amide bonds. The van der Waals surface area contributed by atoms with E-state index in [1.165, 1.54) is 0 Å². The summed E-state index contributed by atoms with van der Waals surface area (Å²) in [7, 11) is -8.21. The molecule has 1 aliphatic rings. The summed E-state index contributed by atoms with van der Waals surface area (Å²) < 4.78 is 73.2. The van der Waals surface area contributed by atoms with Gasteiger partial charge in [0.1, 0.15) is 10.4 Å². The van der Waals surface area contributed by atoms with E-state index in [-0.39, 0.29) is 24.3 Å². The van der Waals surface area contributed by atoms with Gasteiger partial charge in [-0.15, -0.1) is 0 Å². The lowest BCUT2D eigenvalue weighted by atomic mass is 10.1. The van der Waals surface area contributed by atoms with Crippen molar-refractivity contribution in [3.63, 3.8) is 0 Å². The topological polar surface area (TPSA) is 125 Å².